The SMILES string of the molecule is Cc1nn(C)c(C)c1CCCNC(=O)C1=NN(c2ccccc2)C(C(=O)O)C1. The number of carbonyl (C=O) groups is 2. The molecule has 1 unspecified atom stereocenters. The lowest BCUT2D eigenvalue weighted by atomic mass is 10.1. The van der Waals surface area contributed by atoms with Gasteiger partial charge in [0.2, 0.25) is 0 Å². The molecule has 1 aliphatic rings. The number of hydrogen-bond donors (Lipinski definition) is 2. The maximum atomic E-state index is 12.5. The number of carboxylic acids is 1. The van der Waals surface area contributed by atoms with Crippen LogP contribution in [0.25, 0.3) is 0 Å². The number of carbonyl (C=O) groups excluding carboxylic acids is 1. The van der Waals surface area contributed by atoms with Gasteiger partial charge in [-0.15, -0.1) is 0 Å². The number of aryl methyl sites for hydroxylation is 2. The number of carboxylic acid groups (broad SMARTS) is 1. The molecule has 0 fully saturated rings. The van der Waals surface area contributed by atoms with Crippen LogP contribution in [0.4, 0.5) is 5.69 Å². The lowest BCUT2D eigenvalue weighted by Crippen LogP contribution is -2.35. The molecule has 8 heteroatoms. The van der Waals surface area contributed by atoms with E-state index in [0.717, 1.165) is 24.2 Å². The van der Waals surface area contributed by atoms with E-state index in [1.807, 2.05) is 43.8 Å². The predicted octanol–water partition coefficient (Wildman–Crippen LogP) is 1.81. The van der Waals surface area contributed by atoms with Crippen LogP contribution in [0.15, 0.2) is 35.4 Å². The highest BCUT2D eigenvalue weighted by atomic mass is 16.4. The van der Waals surface area contributed by atoms with Crippen LogP contribution < -0.4 is 10.3 Å². The first-order valence-electron chi connectivity index (χ1n) is 9.30. The van der Waals surface area contributed by atoms with Gasteiger partial charge in [-0.1, -0.05) is 18.2 Å². The van der Waals surface area contributed by atoms with E-state index in [1.165, 1.54) is 10.6 Å². The molecular weight excluding hydrogens is 358 g/mol. The van der Waals surface area contributed by atoms with Gasteiger partial charge < -0.3 is 10.4 Å². The number of aromatic nitrogens is 2. The third kappa shape index (κ3) is 4.05. The lowest BCUT2D eigenvalue weighted by molar-refractivity contribution is -0.138. The molecule has 148 valence electrons. The maximum absolute atomic E-state index is 12.5. The summed E-state index contributed by atoms with van der Waals surface area (Å²) in [6.45, 7) is 4.51. The van der Waals surface area contributed by atoms with Crippen LogP contribution in [0, 0.1) is 13.8 Å². The second-order valence-electron chi connectivity index (χ2n) is 6.92. The Kier molecular flexibility index (Phi) is 5.77. The molecule has 0 aliphatic carbocycles. The van der Waals surface area contributed by atoms with Gasteiger partial charge in [-0.3, -0.25) is 14.5 Å². The van der Waals surface area contributed by atoms with Gasteiger partial charge in [0, 0.05) is 25.7 Å². The van der Waals surface area contributed by atoms with Crippen molar-refractivity contribution in [3.8, 4) is 0 Å². The van der Waals surface area contributed by atoms with Crippen LogP contribution in [-0.4, -0.2) is 45.1 Å². The van der Waals surface area contributed by atoms with Gasteiger partial charge in [-0.05, 0) is 44.4 Å². The molecular formula is C20H25N5O3. The second kappa shape index (κ2) is 8.24. The van der Waals surface area contributed by atoms with Crippen molar-refractivity contribution in [2.24, 2.45) is 12.1 Å². The minimum atomic E-state index is -1.00. The first-order valence-corrected chi connectivity index (χ1v) is 9.30. The summed E-state index contributed by atoms with van der Waals surface area (Å²) < 4.78 is 1.86. The summed E-state index contributed by atoms with van der Waals surface area (Å²) in [5.74, 6) is -1.32. The molecule has 8 nitrogen and oxygen atoms in total. The zero-order chi connectivity index (χ0) is 20.3. The van der Waals surface area contributed by atoms with Crippen molar-refractivity contribution < 1.29 is 14.7 Å². The molecule has 2 aromatic rings. The Morgan fingerprint density at radius 3 is 2.57 bits per heavy atom. The van der Waals surface area contributed by atoms with Gasteiger partial charge in [0.1, 0.15) is 5.71 Å². The fraction of sp³-hybridized carbons (Fsp3) is 0.400. The van der Waals surface area contributed by atoms with Crippen molar-refractivity contribution >= 4 is 23.3 Å². The molecule has 1 aromatic carbocycles. The molecule has 0 spiro atoms. The molecule has 0 bridgehead atoms. The van der Waals surface area contributed by atoms with Crippen molar-refractivity contribution in [2.45, 2.75) is 39.2 Å². The Bertz CT molecular complexity index is 904. The zero-order valence-corrected chi connectivity index (χ0v) is 16.3. The summed E-state index contributed by atoms with van der Waals surface area (Å²) in [5, 5.41) is 22.4. The molecule has 1 atom stereocenters. The minimum Gasteiger partial charge on any atom is -0.480 e. The zero-order valence-electron chi connectivity index (χ0n) is 16.3. The third-order valence-corrected chi connectivity index (χ3v) is 5.03. The normalized spacial score (nSPS) is 16.2. The topological polar surface area (TPSA) is 99.8 Å². The van der Waals surface area contributed by atoms with Crippen molar-refractivity contribution in [2.75, 3.05) is 11.6 Å². The molecule has 0 saturated carbocycles. The van der Waals surface area contributed by atoms with Crippen LogP contribution in [0.5, 0.6) is 0 Å². The third-order valence-electron chi connectivity index (χ3n) is 5.03. The number of amides is 1. The van der Waals surface area contributed by atoms with E-state index in [9.17, 15) is 14.7 Å². The summed E-state index contributed by atoms with van der Waals surface area (Å²) in [5.41, 5.74) is 4.24. The Morgan fingerprint density at radius 2 is 1.96 bits per heavy atom. The fourth-order valence-corrected chi connectivity index (χ4v) is 3.41. The predicted molar refractivity (Wildman–Crippen MR) is 106 cm³/mol. The van der Waals surface area contributed by atoms with Crippen molar-refractivity contribution in [1.29, 1.82) is 0 Å². The van der Waals surface area contributed by atoms with Crippen LogP contribution in [0.3, 0.4) is 0 Å². The van der Waals surface area contributed by atoms with Gasteiger partial charge in [-0.2, -0.15) is 10.2 Å². The van der Waals surface area contributed by atoms with Gasteiger partial charge in [0.05, 0.1) is 11.4 Å². The van der Waals surface area contributed by atoms with Crippen molar-refractivity contribution in [1.82, 2.24) is 15.1 Å². The van der Waals surface area contributed by atoms with E-state index in [2.05, 4.69) is 15.5 Å². The van der Waals surface area contributed by atoms with Crippen LogP contribution in [0.2, 0.25) is 0 Å². The molecule has 2 heterocycles. The van der Waals surface area contributed by atoms with Crippen LogP contribution in [-0.2, 0) is 23.1 Å². The highest BCUT2D eigenvalue weighted by molar-refractivity contribution is 6.40. The summed E-state index contributed by atoms with van der Waals surface area (Å²) in [4.78, 5) is 24.0. The second-order valence-corrected chi connectivity index (χ2v) is 6.92. The summed E-state index contributed by atoms with van der Waals surface area (Å²) in [6.07, 6.45) is 1.68. The highest BCUT2D eigenvalue weighted by Gasteiger charge is 2.36. The molecule has 1 aliphatic heterocycles. The highest BCUT2D eigenvalue weighted by Crippen LogP contribution is 2.24. The number of nitrogens with zero attached hydrogens (tertiary/aromatic N) is 4. The van der Waals surface area contributed by atoms with E-state index >= 15 is 0 Å². The molecule has 0 radical (unpaired) electrons. The van der Waals surface area contributed by atoms with Crippen molar-refractivity contribution in [3.63, 3.8) is 0 Å². The molecule has 28 heavy (non-hydrogen) atoms. The van der Waals surface area contributed by atoms with Crippen LogP contribution >= 0.6 is 0 Å². The van der Waals surface area contributed by atoms with E-state index in [0.29, 0.717) is 12.2 Å². The van der Waals surface area contributed by atoms with Crippen LogP contribution in [0.1, 0.15) is 29.8 Å². The Balaban J connectivity index is 1.58. The van der Waals surface area contributed by atoms with E-state index < -0.39 is 12.0 Å². The maximum Gasteiger partial charge on any atom is 0.328 e. The number of hydrazone groups is 1. The number of rotatable bonds is 7. The number of hydrogen-bond acceptors (Lipinski definition) is 5. The minimum absolute atomic E-state index is 0.0802. The Morgan fingerprint density at radius 1 is 1.25 bits per heavy atom. The Hall–Kier alpha value is -3.16. The average molecular weight is 383 g/mol. The smallest absolute Gasteiger partial charge is 0.328 e. The summed E-state index contributed by atoms with van der Waals surface area (Å²) in [7, 11) is 1.92. The van der Waals surface area contributed by atoms with Gasteiger partial charge >= 0.3 is 5.97 Å². The molecule has 2 N–H and O–H groups in total. The fourth-order valence-electron chi connectivity index (χ4n) is 3.41. The molecule has 1 amide bonds. The van der Waals surface area contributed by atoms with Gasteiger partial charge in [0.15, 0.2) is 6.04 Å². The molecule has 3 rings (SSSR count). The first kappa shape index (κ1) is 19.6. The average Bonchev–Trinajstić information content (AvgIpc) is 3.22. The number of benzene rings is 1. The monoisotopic (exact) mass is 383 g/mol. The van der Waals surface area contributed by atoms with E-state index in [-0.39, 0.29) is 18.0 Å². The van der Waals surface area contributed by atoms with Gasteiger partial charge in [-0.25, -0.2) is 4.79 Å². The van der Waals surface area contributed by atoms with Crippen molar-refractivity contribution in [3.05, 3.63) is 47.3 Å². The molecule has 0 saturated heterocycles. The quantitative estimate of drug-likeness (QED) is 0.710. The number of anilines is 1. The molecule has 1 aromatic heterocycles. The standard InChI is InChI=1S/C20H25N5O3/c1-13-16(14(2)24(3)22-13)10-7-11-21-19(26)17-12-18(20(27)28)25(23-17)15-8-5-4-6-9-15/h4-6,8-9,18H,7,10-12H2,1-3H3,(H,21,26)(H,27,28). The lowest BCUT2D eigenvalue weighted by Gasteiger charge is -2.19. The van der Waals surface area contributed by atoms with E-state index in [1.54, 1.807) is 12.1 Å². The number of para-hydroxylation sites is 1. The van der Waals surface area contributed by atoms with Gasteiger partial charge in [0.25, 0.3) is 5.91 Å². The largest absolute Gasteiger partial charge is 0.480 e. The Labute approximate surface area is 163 Å². The summed E-state index contributed by atoms with van der Waals surface area (Å²) >= 11 is 0. The first-order chi connectivity index (χ1) is 13.4. The summed E-state index contributed by atoms with van der Waals surface area (Å²) in [6, 6.07) is 8.15. The van der Waals surface area contributed by atoms with E-state index in [4.69, 9.17) is 0 Å². The number of nitrogens with one attached hydrogen (secondary N) is 1. The number of aliphatic carboxylic acids is 1.